The van der Waals surface area contributed by atoms with E-state index in [1.54, 1.807) is 14.2 Å². The Morgan fingerprint density at radius 1 is 1.28 bits per heavy atom. The molecule has 1 heterocycles. The molecule has 1 aromatic carbocycles. The van der Waals surface area contributed by atoms with Gasteiger partial charge in [0.1, 0.15) is 5.58 Å². The summed E-state index contributed by atoms with van der Waals surface area (Å²) in [6.07, 6.45) is -0.262. The van der Waals surface area contributed by atoms with E-state index in [4.69, 9.17) is 25.5 Å². The van der Waals surface area contributed by atoms with Crippen molar-refractivity contribution in [3.8, 4) is 0 Å². The SMILES string of the molecule is COC(CNCc1c(Cl)oc2ccccc12)OC. The third-order valence-corrected chi connectivity index (χ3v) is 3.09. The molecule has 0 saturated heterocycles. The van der Waals surface area contributed by atoms with Gasteiger partial charge in [0.15, 0.2) is 11.5 Å². The van der Waals surface area contributed by atoms with Crippen molar-refractivity contribution in [2.24, 2.45) is 0 Å². The smallest absolute Gasteiger partial charge is 0.199 e. The van der Waals surface area contributed by atoms with E-state index in [0.717, 1.165) is 16.5 Å². The fourth-order valence-corrected chi connectivity index (χ4v) is 2.06. The molecule has 0 saturated carbocycles. The summed E-state index contributed by atoms with van der Waals surface area (Å²) >= 11 is 6.08. The molecular weight excluding hydrogens is 254 g/mol. The van der Waals surface area contributed by atoms with Crippen LogP contribution in [0.2, 0.25) is 5.22 Å². The normalized spacial score (nSPS) is 11.6. The molecule has 0 radical (unpaired) electrons. The Kier molecular flexibility index (Phi) is 4.60. The standard InChI is InChI=1S/C13H16ClNO3/c1-16-12(17-2)8-15-7-10-9-5-3-4-6-11(9)18-13(10)14/h3-6,12,15H,7-8H2,1-2H3. The van der Waals surface area contributed by atoms with Crippen molar-refractivity contribution >= 4 is 22.6 Å². The van der Waals surface area contributed by atoms with Crippen LogP contribution in [0.15, 0.2) is 28.7 Å². The number of para-hydroxylation sites is 1. The molecule has 0 unspecified atom stereocenters. The fraction of sp³-hybridized carbons (Fsp3) is 0.385. The molecule has 4 nitrogen and oxygen atoms in total. The molecule has 0 fully saturated rings. The van der Waals surface area contributed by atoms with Crippen LogP contribution in [0.1, 0.15) is 5.56 Å². The molecule has 2 aromatic rings. The molecular formula is C13H16ClNO3. The number of halogens is 1. The number of ether oxygens (including phenoxy) is 2. The van der Waals surface area contributed by atoms with Gasteiger partial charge in [0, 0.05) is 38.3 Å². The van der Waals surface area contributed by atoms with Gasteiger partial charge in [0.05, 0.1) is 0 Å². The second-order valence-electron chi connectivity index (χ2n) is 3.88. The summed E-state index contributed by atoms with van der Waals surface area (Å²) in [7, 11) is 3.21. The lowest BCUT2D eigenvalue weighted by molar-refractivity contribution is -0.0989. The van der Waals surface area contributed by atoms with Gasteiger partial charge < -0.3 is 19.2 Å². The van der Waals surface area contributed by atoms with E-state index in [2.05, 4.69) is 5.32 Å². The molecule has 5 heteroatoms. The first kappa shape index (κ1) is 13.4. The van der Waals surface area contributed by atoms with Crippen molar-refractivity contribution in [1.82, 2.24) is 5.32 Å². The van der Waals surface area contributed by atoms with E-state index >= 15 is 0 Å². The van der Waals surface area contributed by atoms with Gasteiger partial charge in [-0.2, -0.15) is 0 Å². The molecule has 0 aliphatic rings. The predicted octanol–water partition coefficient (Wildman–Crippen LogP) is 2.79. The molecule has 0 bridgehead atoms. The van der Waals surface area contributed by atoms with E-state index in [1.165, 1.54) is 0 Å². The van der Waals surface area contributed by atoms with Crippen molar-refractivity contribution in [1.29, 1.82) is 0 Å². The van der Waals surface area contributed by atoms with Crippen LogP contribution in [0.4, 0.5) is 0 Å². The summed E-state index contributed by atoms with van der Waals surface area (Å²) in [6, 6.07) is 7.78. The van der Waals surface area contributed by atoms with Gasteiger partial charge in [0.25, 0.3) is 0 Å². The Hall–Kier alpha value is -1.07. The molecule has 98 valence electrons. The second-order valence-corrected chi connectivity index (χ2v) is 4.23. The highest BCUT2D eigenvalue weighted by Gasteiger charge is 2.12. The van der Waals surface area contributed by atoms with Crippen LogP contribution in [0.5, 0.6) is 0 Å². The summed E-state index contributed by atoms with van der Waals surface area (Å²) in [5.74, 6) is 0. The average Bonchev–Trinajstić information content (AvgIpc) is 2.71. The van der Waals surface area contributed by atoms with Crippen LogP contribution in [0.3, 0.4) is 0 Å². The average molecular weight is 270 g/mol. The van der Waals surface area contributed by atoms with Crippen LogP contribution in [0, 0.1) is 0 Å². The topological polar surface area (TPSA) is 43.6 Å². The lowest BCUT2D eigenvalue weighted by Crippen LogP contribution is -2.29. The Bertz CT molecular complexity index is 508. The van der Waals surface area contributed by atoms with Gasteiger partial charge in [-0.3, -0.25) is 0 Å². The minimum atomic E-state index is -0.262. The number of hydrogen-bond donors (Lipinski definition) is 1. The minimum Gasteiger partial charge on any atom is -0.444 e. The number of hydrogen-bond acceptors (Lipinski definition) is 4. The number of benzene rings is 1. The van der Waals surface area contributed by atoms with Gasteiger partial charge in [-0.1, -0.05) is 18.2 Å². The maximum Gasteiger partial charge on any atom is 0.199 e. The van der Waals surface area contributed by atoms with Gasteiger partial charge in [-0.15, -0.1) is 0 Å². The quantitative estimate of drug-likeness (QED) is 0.819. The summed E-state index contributed by atoms with van der Waals surface area (Å²) in [4.78, 5) is 0. The number of nitrogens with one attached hydrogen (secondary N) is 1. The van der Waals surface area contributed by atoms with E-state index < -0.39 is 0 Å². The summed E-state index contributed by atoms with van der Waals surface area (Å²) in [6.45, 7) is 1.20. The van der Waals surface area contributed by atoms with Crippen molar-refractivity contribution in [3.63, 3.8) is 0 Å². The van der Waals surface area contributed by atoms with Crippen molar-refractivity contribution in [3.05, 3.63) is 35.0 Å². The second kappa shape index (κ2) is 6.20. The maximum absolute atomic E-state index is 6.08. The lowest BCUT2D eigenvalue weighted by atomic mass is 10.2. The van der Waals surface area contributed by atoms with E-state index in [0.29, 0.717) is 18.3 Å². The molecule has 0 spiro atoms. The Balaban J connectivity index is 2.05. The Morgan fingerprint density at radius 3 is 2.72 bits per heavy atom. The van der Waals surface area contributed by atoms with E-state index in [1.807, 2.05) is 24.3 Å². The highest BCUT2D eigenvalue weighted by molar-refractivity contribution is 6.30. The lowest BCUT2D eigenvalue weighted by Gasteiger charge is -2.13. The molecule has 0 aliphatic heterocycles. The first-order valence-corrected chi connectivity index (χ1v) is 6.06. The zero-order valence-electron chi connectivity index (χ0n) is 10.4. The highest BCUT2D eigenvalue weighted by atomic mass is 35.5. The highest BCUT2D eigenvalue weighted by Crippen LogP contribution is 2.29. The van der Waals surface area contributed by atoms with Gasteiger partial charge >= 0.3 is 0 Å². The molecule has 0 atom stereocenters. The van der Waals surface area contributed by atoms with Gasteiger partial charge in [-0.05, 0) is 17.7 Å². The molecule has 2 rings (SSSR count). The zero-order chi connectivity index (χ0) is 13.0. The van der Waals surface area contributed by atoms with Crippen LogP contribution < -0.4 is 5.32 Å². The predicted molar refractivity (Wildman–Crippen MR) is 70.7 cm³/mol. The monoisotopic (exact) mass is 269 g/mol. The van der Waals surface area contributed by atoms with Gasteiger partial charge in [0.2, 0.25) is 0 Å². The van der Waals surface area contributed by atoms with Gasteiger partial charge in [-0.25, -0.2) is 0 Å². The summed E-state index contributed by atoms with van der Waals surface area (Å²) in [5.41, 5.74) is 1.76. The molecule has 18 heavy (non-hydrogen) atoms. The summed E-state index contributed by atoms with van der Waals surface area (Å²) < 4.78 is 15.7. The number of furan rings is 1. The Labute approximate surface area is 111 Å². The number of fused-ring (bicyclic) bond motifs is 1. The van der Waals surface area contributed by atoms with Crippen LogP contribution in [-0.2, 0) is 16.0 Å². The number of rotatable bonds is 6. The first-order chi connectivity index (χ1) is 8.76. The molecule has 0 aliphatic carbocycles. The Morgan fingerprint density at radius 2 is 2.00 bits per heavy atom. The number of methoxy groups -OCH3 is 2. The van der Waals surface area contributed by atoms with E-state index in [-0.39, 0.29) is 6.29 Å². The third-order valence-electron chi connectivity index (χ3n) is 2.79. The molecule has 1 N–H and O–H groups in total. The van der Waals surface area contributed by atoms with Crippen LogP contribution >= 0.6 is 11.6 Å². The van der Waals surface area contributed by atoms with E-state index in [9.17, 15) is 0 Å². The first-order valence-electron chi connectivity index (χ1n) is 5.68. The summed E-state index contributed by atoms with van der Waals surface area (Å²) in [5, 5.41) is 4.68. The maximum atomic E-state index is 6.08. The molecule has 0 amide bonds. The minimum absolute atomic E-state index is 0.262. The van der Waals surface area contributed by atoms with Crippen molar-refractivity contribution in [2.45, 2.75) is 12.8 Å². The fourth-order valence-electron chi connectivity index (χ4n) is 1.81. The van der Waals surface area contributed by atoms with Crippen LogP contribution in [0.25, 0.3) is 11.0 Å². The third kappa shape index (κ3) is 2.84. The van der Waals surface area contributed by atoms with Crippen molar-refractivity contribution in [2.75, 3.05) is 20.8 Å². The zero-order valence-corrected chi connectivity index (χ0v) is 11.2. The molecule has 1 aromatic heterocycles. The largest absolute Gasteiger partial charge is 0.444 e. The van der Waals surface area contributed by atoms with Crippen LogP contribution in [-0.4, -0.2) is 27.1 Å². The van der Waals surface area contributed by atoms with Crippen molar-refractivity contribution < 1.29 is 13.9 Å².